The second kappa shape index (κ2) is 12.7. The smallest absolute Gasteiger partial charge is 0.401 e. The van der Waals surface area contributed by atoms with Crippen molar-refractivity contribution in [2.75, 3.05) is 19.6 Å². The van der Waals surface area contributed by atoms with Gasteiger partial charge in [-0.25, -0.2) is 8.78 Å². The molecule has 1 aliphatic carbocycles. The first-order valence-corrected chi connectivity index (χ1v) is 14.8. The number of carbonyl (C=O) groups is 1. The van der Waals surface area contributed by atoms with Crippen LogP contribution in [0, 0.1) is 29.4 Å². The first-order valence-electron chi connectivity index (χ1n) is 14.0. The van der Waals surface area contributed by atoms with E-state index < -0.39 is 40.6 Å². The molecule has 10 heteroatoms. The number of carbonyl (C=O) groups excluding carboxylic acids is 1. The molecule has 1 aromatic carbocycles. The van der Waals surface area contributed by atoms with E-state index in [-0.39, 0.29) is 10.8 Å². The number of rotatable bonds is 9. The Labute approximate surface area is 237 Å². The van der Waals surface area contributed by atoms with E-state index in [1.807, 2.05) is 13.0 Å². The predicted molar refractivity (Wildman–Crippen MR) is 149 cm³/mol. The molecule has 220 valence electrons. The Balaban J connectivity index is 1.38. The number of halogens is 5. The molecule has 40 heavy (non-hydrogen) atoms. The molecule has 0 bridgehead atoms. The lowest BCUT2D eigenvalue weighted by Crippen LogP contribution is -2.40. The minimum absolute atomic E-state index is 0.171. The van der Waals surface area contributed by atoms with E-state index >= 15 is 0 Å². The maximum atomic E-state index is 14.3. The minimum atomic E-state index is -4.17. The highest BCUT2D eigenvalue weighted by molar-refractivity contribution is 8.05. The lowest BCUT2D eigenvalue weighted by Gasteiger charge is -2.34. The van der Waals surface area contributed by atoms with Crippen LogP contribution in [0.5, 0.6) is 0 Å². The normalized spacial score (nSPS) is 26.9. The van der Waals surface area contributed by atoms with E-state index in [9.17, 15) is 26.7 Å². The van der Waals surface area contributed by atoms with Crippen LogP contribution in [0.2, 0.25) is 0 Å². The number of Topliss-reactive ketones (excluding diaryl/α,β-unsaturated/α-hetero) is 1. The third-order valence-corrected chi connectivity index (χ3v) is 9.80. The molecule has 1 saturated heterocycles. The topological polar surface area (TPSA) is 58.4 Å². The Morgan fingerprint density at radius 3 is 2.58 bits per heavy atom. The van der Waals surface area contributed by atoms with Crippen molar-refractivity contribution in [2.45, 2.75) is 69.8 Å². The van der Waals surface area contributed by atoms with E-state index in [4.69, 9.17) is 5.73 Å². The third-order valence-electron chi connectivity index (χ3n) is 8.31. The first kappa shape index (κ1) is 30.6. The van der Waals surface area contributed by atoms with Gasteiger partial charge in [0.05, 0.1) is 21.9 Å². The van der Waals surface area contributed by atoms with Crippen LogP contribution in [0.25, 0.3) is 0 Å². The molecule has 0 radical (unpaired) electrons. The van der Waals surface area contributed by atoms with E-state index in [1.54, 1.807) is 0 Å². The minimum Gasteiger partial charge on any atom is -0.401 e. The summed E-state index contributed by atoms with van der Waals surface area (Å²) in [7, 11) is 0. The number of nitrogens with zero attached hydrogens (tertiary/aromatic N) is 1. The summed E-state index contributed by atoms with van der Waals surface area (Å²) < 4.78 is 67.2. The molecule has 1 fully saturated rings. The highest BCUT2D eigenvalue weighted by atomic mass is 32.2. The number of alkyl halides is 3. The highest BCUT2D eigenvalue weighted by Crippen LogP contribution is 2.48. The molecule has 0 aromatic heterocycles. The maximum Gasteiger partial charge on any atom is 0.401 e. The van der Waals surface area contributed by atoms with Crippen LogP contribution in [0.15, 0.2) is 52.7 Å². The number of nitrogens with one attached hydrogen (secondary N) is 1. The van der Waals surface area contributed by atoms with Gasteiger partial charge < -0.3 is 11.1 Å². The molecule has 0 amide bonds. The number of thioether (sulfide) groups is 1. The van der Waals surface area contributed by atoms with Crippen LogP contribution < -0.4 is 11.1 Å². The number of nitrogens with two attached hydrogens (primary N) is 1. The number of hydrogen-bond acceptors (Lipinski definition) is 5. The van der Waals surface area contributed by atoms with Gasteiger partial charge in [0.25, 0.3) is 0 Å². The van der Waals surface area contributed by atoms with Crippen LogP contribution in [0.3, 0.4) is 0 Å². The van der Waals surface area contributed by atoms with Gasteiger partial charge in [0, 0.05) is 17.8 Å². The van der Waals surface area contributed by atoms with Gasteiger partial charge >= 0.3 is 6.18 Å². The summed E-state index contributed by atoms with van der Waals surface area (Å²) in [4.78, 5) is 14.2. The largest absolute Gasteiger partial charge is 0.401 e. The second-order valence-electron chi connectivity index (χ2n) is 11.3. The van der Waals surface area contributed by atoms with E-state index in [2.05, 4.69) is 24.4 Å². The molecular weight excluding hydrogens is 545 g/mol. The summed E-state index contributed by atoms with van der Waals surface area (Å²) in [5.41, 5.74) is 6.91. The Morgan fingerprint density at radius 2 is 1.95 bits per heavy atom. The summed E-state index contributed by atoms with van der Waals surface area (Å²) >= 11 is 1.24. The fourth-order valence-electron chi connectivity index (χ4n) is 6.23. The third kappa shape index (κ3) is 7.29. The van der Waals surface area contributed by atoms with Crippen molar-refractivity contribution >= 4 is 17.5 Å². The molecule has 1 aromatic rings. The molecule has 4 atom stereocenters. The quantitative estimate of drug-likeness (QED) is 0.236. The average Bonchev–Trinajstić information content (AvgIpc) is 3.03. The van der Waals surface area contributed by atoms with E-state index in [1.165, 1.54) is 22.7 Å². The lowest BCUT2D eigenvalue weighted by atomic mass is 9.76. The van der Waals surface area contributed by atoms with Crippen molar-refractivity contribution in [3.8, 4) is 0 Å². The van der Waals surface area contributed by atoms with Crippen molar-refractivity contribution in [2.24, 2.45) is 23.5 Å². The van der Waals surface area contributed by atoms with Gasteiger partial charge in [-0.3, -0.25) is 9.69 Å². The number of likely N-dealkylation sites (tertiary alicyclic amines) is 1. The molecule has 2 heterocycles. The summed E-state index contributed by atoms with van der Waals surface area (Å²) in [6, 6.07) is 3.35. The van der Waals surface area contributed by atoms with Gasteiger partial charge in [0.1, 0.15) is 11.6 Å². The fraction of sp³-hybridized carbons (Fsp3) is 0.567. The summed E-state index contributed by atoms with van der Waals surface area (Å²) in [5.74, 6) is -1.57. The van der Waals surface area contributed by atoms with Gasteiger partial charge in [-0.1, -0.05) is 50.2 Å². The van der Waals surface area contributed by atoms with Crippen molar-refractivity contribution in [3.05, 3.63) is 69.9 Å². The SMILES string of the molecule is CCC[C@@]1(NC2=CCC(C(C)C3CCCN(CC(F)(F)F)CC3)C=C2)CC(N)=C(C(=O)c2c(F)cccc2F)S1. The van der Waals surface area contributed by atoms with Crippen LogP contribution in [0.1, 0.15) is 69.2 Å². The molecule has 2 aliphatic heterocycles. The summed E-state index contributed by atoms with van der Waals surface area (Å²) in [5, 5.41) is 3.57. The maximum absolute atomic E-state index is 14.3. The van der Waals surface area contributed by atoms with Crippen molar-refractivity contribution in [1.29, 1.82) is 0 Å². The molecule has 4 rings (SSSR count). The molecule has 3 unspecified atom stereocenters. The van der Waals surface area contributed by atoms with Crippen LogP contribution in [-0.4, -0.2) is 41.4 Å². The Hall–Kier alpha value is -2.33. The van der Waals surface area contributed by atoms with Crippen molar-refractivity contribution in [1.82, 2.24) is 10.2 Å². The zero-order valence-corrected chi connectivity index (χ0v) is 23.8. The Kier molecular flexibility index (Phi) is 9.70. The molecule has 4 nitrogen and oxygen atoms in total. The molecule has 3 aliphatic rings. The fourth-order valence-corrected chi connectivity index (χ4v) is 7.72. The first-order chi connectivity index (χ1) is 18.9. The average molecular weight is 584 g/mol. The second-order valence-corrected chi connectivity index (χ2v) is 12.7. The molecule has 0 spiro atoms. The standard InChI is InChI=1S/C30H38F5N3OS/c1-3-14-29(17-25(36)28(40-29)27(39)26-23(31)7-4-8-24(26)32)37-22-11-9-21(10-12-22)19(2)20-6-5-15-38(16-13-20)18-30(33,34)35/h4,7-9,11-12,19-21,37H,3,5-6,10,13-18,36H2,1-2H3/t19?,20?,21?,29-/m0/s1. The monoisotopic (exact) mass is 583 g/mol. The molecule has 0 saturated carbocycles. The Bertz CT molecular complexity index is 1160. The van der Waals surface area contributed by atoms with Gasteiger partial charge in [-0.15, -0.1) is 0 Å². The molecule has 3 N–H and O–H groups in total. The molecular formula is C30H38F5N3OS. The van der Waals surface area contributed by atoms with Crippen molar-refractivity contribution < 1.29 is 26.7 Å². The van der Waals surface area contributed by atoms with Gasteiger partial charge in [0.2, 0.25) is 5.78 Å². The zero-order valence-electron chi connectivity index (χ0n) is 23.0. The number of hydrogen-bond donors (Lipinski definition) is 2. The Morgan fingerprint density at radius 1 is 1.23 bits per heavy atom. The summed E-state index contributed by atoms with van der Waals surface area (Å²) in [6.45, 7) is 4.34. The predicted octanol–water partition coefficient (Wildman–Crippen LogP) is 7.30. The lowest BCUT2D eigenvalue weighted by molar-refractivity contribution is -0.145. The number of ketones is 1. The highest BCUT2D eigenvalue weighted by Gasteiger charge is 2.42. The van der Waals surface area contributed by atoms with Crippen LogP contribution in [-0.2, 0) is 0 Å². The van der Waals surface area contributed by atoms with Gasteiger partial charge in [-0.2, -0.15) is 13.2 Å². The summed E-state index contributed by atoms with van der Waals surface area (Å²) in [6.07, 6.45) is 7.28. The zero-order chi connectivity index (χ0) is 29.1. The number of benzene rings is 1. The van der Waals surface area contributed by atoms with Gasteiger partial charge in [-0.05, 0) is 81.2 Å². The van der Waals surface area contributed by atoms with Crippen LogP contribution in [0.4, 0.5) is 22.0 Å². The number of allylic oxidation sites excluding steroid dienone is 4. The van der Waals surface area contributed by atoms with E-state index in [0.29, 0.717) is 43.5 Å². The van der Waals surface area contributed by atoms with Gasteiger partial charge in [0.15, 0.2) is 0 Å². The van der Waals surface area contributed by atoms with Crippen LogP contribution >= 0.6 is 11.8 Å². The van der Waals surface area contributed by atoms with E-state index in [0.717, 1.165) is 49.9 Å². The van der Waals surface area contributed by atoms with Crippen molar-refractivity contribution in [3.63, 3.8) is 0 Å².